The fourth-order valence-electron chi connectivity index (χ4n) is 1.27. The van der Waals surface area contributed by atoms with E-state index in [0.29, 0.717) is 4.70 Å². The maximum Gasteiger partial charge on any atom is 0.265 e. The lowest BCUT2D eigenvalue weighted by Crippen LogP contribution is -1.84. The molecule has 1 aromatic heterocycles. The van der Waals surface area contributed by atoms with Gasteiger partial charge in [-0.05, 0) is 28.7 Å². The molecule has 0 fully saturated rings. The Labute approximate surface area is 106 Å². The first kappa shape index (κ1) is 10.8. The molecule has 0 aliphatic heterocycles. The second kappa shape index (κ2) is 4.02. The van der Waals surface area contributed by atoms with Crippen molar-refractivity contribution < 1.29 is 8.78 Å². The first-order valence-electron chi connectivity index (χ1n) is 3.74. The number of fused-ring (bicyclic) bond motifs is 1. The minimum atomic E-state index is -2.40. The van der Waals surface area contributed by atoms with Gasteiger partial charge in [0.2, 0.25) is 0 Å². The van der Waals surface area contributed by atoms with Crippen LogP contribution in [0, 0.1) is 3.57 Å². The van der Waals surface area contributed by atoms with Crippen LogP contribution in [-0.4, -0.2) is 0 Å². The van der Waals surface area contributed by atoms with Crippen LogP contribution in [0.25, 0.3) is 10.1 Å². The molecule has 1 heterocycles. The van der Waals surface area contributed by atoms with E-state index >= 15 is 0 Å². The average molecular weight is 389 g/mol. The molecule has 2 aromatic rings. The monoisotopic (exact) mass is 388 g/mol. The van der Waals surface area contributed by atoms with Gasteiger partial charge >= 0.3 is 0 Å². The highest BCUT2D eigenvalue weighted by Gasteiger charge is 2.15. The fraction of sp³-hybridized carbons (Fsp3) is 0.111. The van der Waals surface area contributed by atoms with Crippen molar-refractivity contribution in [2.24, 2.45) is 0 Å². The van der Waals surface area contributed by atoms with Crippen LogP contribution in [0.4, 0.5) is 8.78 Å². The molecule has 0 saturated carbocycles. The first-order valence-corrected chi connectivity index (χ1v) is 6.49. The standard InChI is InChI=1S/C9H4BrF2IS/c10-5-2-1-4(9(11)12)8-7(5)6(13)3-14-8/h1-3,9H. The molecule has 74 valence electrons. The van der Waals surface area contributed by atoms with Crippen LogP contribution < -0.4 is 0 Å². The molecule has 2 rings (SSSR count). The van der Waals surface area contributed by atoms with Crippen molar-refractivity contribution in [3.63, 3.8) is 0 Å². The smallest absolute Gasteiger partial charge is 0.205 e. The van der Waals surface area contributed by atoms with Crippen LogP contribution in [0.5, 0.6) is 0 Å². The zero-order chi connectivity index (χ0) is 10.3. The Balaban J connectivity index is 2.83. The maximum absolute atomic E-state index is 12.6. The molecule has 0 nitrogen and oxygen atoms in total. The molecule has 0 bridgehead atoms. The summed E-state index contributed by atoms with van der Waals surface area (Å²) in [7, 11) is 0. The van der Waals surface area contributed by atoms with Crippen LogP contribution in [0.3, 0.4) is 0 Å². The molecule has 0 saturated heterocycles. The van der Waals surface area contributed by atoms with E-state index in [2.05, 4.69) is 38.5 Å². The maximum atomic E-state index is 12.6. The molecule has 5 heteroatoms. The zero-order valence-corrected chi connectivity index (χ0v) is 11.3. The van der Waals surface area contributed by atoms with Crippen molar-refractivity contribution in [2.75, 3.05) is 0 Å². The van der Waals surface area contributed by atoms with Crippen LogP contribution in [-0.2, 0) is 0 Å². The highest BCUT2D eigenvalue weighted by atomic mass is 127. The predicted molar refractivity (Wildman–Crippen MR) is 67.2 cm³/mol. The summed E-state index contributed by atoms with van der Waals surface area (Å²) in [5.74, 6) is 0. The SMILES string of the molecule is FC(F)c1ccc(Br)c2c(I)csc12. The van der Waals surface area contributed by atoms with Gasteiger partial charge in [-0.15, -0.1) is 11.3 Å². The number of alkyl halides is 2. The van der Waals surface area contributed by atoms with Gasteiger partial charge in [0.1, 0.15) is 0 Å². The number of hydrogen-bond donors (Lipinski definition) is 0. The van der Waals surface area contributed by atoms with Gasteiger partial charge < -0.3 is 0 Å². The largest absolute Gasteiger partial charge is 0.265 e. The van der Waals surface area contributed by atoms with Crippen molar-refractivity contribution in [3.8, 4) is 0 Å². The molecular formula is C9H4BrF2IS. The second-order valence-corrected chi connectivity index (χ2v) is 5.62. The van der Waals surface area contributed by atoms with E-state index < -0.39 is 6.43 Å². The molecule has 0 aliphatic rings. The highest BCUT2D eigenvalue weighted by molar-refractivity contribution is 14.1. The van der Waals surface area contributed by atoms with Crippen molar-refractivity contribution in [1.29, 1.82) is 0 Å². The summed E-state index contributed by atoms with van der Waals surface area (Å²) in [5.41, 5.74) is 0.121. The lowest BCUT2D eigenvalue weighted by atomic mass is 10.2. The Morgan fingerprint density at radius 1 is 1.36 bits per heavy atom. The van der Waals surface area contributed by atoms with E-state index in [1.165, 1.54) is 17.4 Å². The van der Waals surface area contributed by atoms with Crippen molar-refractivity contribution in [1.82, 2.24) is 0 Å². The summed E-state index contributed by atoms with van der Waals surface area (Å²) in [6.07, 6.45) is -2.40. The van der Waals surface area contributed by atoms with Crippen LogP contribution in [0.1, 0.15) is 12.0 Å². The minimum Gasteiger partial charge on any atom is -0.205 e. The molecule has 0 spiro atoms. The lowest BCUT2D eigenvalue weighted by Gasteiger charge is -2.02. The summed E-state index contributed by atoms with van der Waals surface area (Å²) in [5, 5.41) is 2.79. The van der Waals surface area contributed by atoms with Crippen LogP contribution in [0.2, 0.25) is 0 Å². The molecule has 0 atom stereocenters. The number of hydrogen-bond acceptors (Lipinski definition) is 1. The Morgan fingerprint density at radius 2 is 2.07 bits per heavy atom. The van der Waals surface area contributed by atoms with E-state index in [-0.39, 0.29) is 5.56 Å². The predicted octanol–water partition coefficient (Wildman–Crippen LogP) is 5.21. The lowest BCUT2D eigenvalue weighted by molar-refractivity contribution is 0.153. The Hall–Kier alpha value is 0.250. The third-order valence-corrected chi connectivity index (χ3v) is 4.85. The van der Waals surface area contributed by atoms with Crippen LogP contribution >= 0.6 is 49.9 Å². The third-order valence-electron chi connectivity index (χ3n) is 1.89. The summed E-state index contributed by atoms with van der Waals surface area (Å²) >= 11 is 6.89. The molecular weight excluding hydrogens is 385 g/mol. The number of rotatable bonds is 1. The Bertz CT molecular complexity index is 481. The van der Waals surface area contributed by atoms with Gasteiger partial charge in [0.25, 0.3) is 6.43 Å². The topological polar surface area (TPSA) is 0 Å². The summed E-state index contributed by atoms with van der Waals surface area (Å²) in [6, 6.07) is 3.16. The number of benzene rings is 1. The van der Waals surface area contributed by atoms with Crippen molar-refractivity contribution >= 4 is 59.9 Å². The quantitative estimate of drug-likeness (QED) is 0.588. The van der Waals surface area contributed by atoms with Gasteiger partial charge in [0, 0.05) is 29.1 Å². The molecule has 0 radical (unpaired) electrons. The van der Waals surface area contributed by atoms with Gasteiger partial charge in [-0.1, -0.05) is 22.0 Å². The fourth-order valence-corrected chi connectivity index (χ4v) is 4.41. The minimum absolute atomic E-state index is 0.121. The van der Waals surface area contributed by atoms with E-state index in [0.717, 1.165) is 13.4 Å². The van der Waals surface area contributed by atoms with E-state index in [4.69, 9.17) is 0 Å². The van der Waals surface area contributed by atoms with Crippen LogP contribution in [0.15, 0.2) is 22.0 Å². The number of thiophene rings is 1. The van der Waals surface area contributed by atoms with Gasteiger partial charge in [0.05, 0.1) is 0 Å². The Kier molecular flexibility index (Phi) is 3.09. The number of halogens is 4. The summed E-state index contributed by atoms with van der Waals surface area (Å²) < 4.78 is 27.8. The summed E-state index contributed by atoms with van der Waals surface area (Å²) in [6.45, 7) is 0. The highest BCUT2D eigenvalue weighted by Crippen LogP contribution is 2.38. The zero-order valence-electron chi connectivity index (χ0n) is 6.73. The van der Waals surface area contributed by atoms with Gasteiger partial charge in [-0.3, -0.25) is 0 Å². The van der Waals surface area contributed by atoms with E-state index in [9.17, 15) is 8.78 Å². The Morgan fingerprint density at radius 3 is 2.71 bits per heavy atom. The molecule has 0 N–H and O–H groups in total. The average Bonchev–Trinajstić information content (AvgIpc) is 2.49. The van der Waals surface area contributed by atoms with Gasteiger partial charge in [0.15, 0.2) is 0 Å². The van der Waals surface area contributed by atoms with Crippen molar-refractivity contribution in [2.45, 2.75) is 6.43 Å². The van der Waals surface area contributed by atoms with Gasteiger partial charge in [-0.25, -0.2) is 8.78 Å². The van der Waals surface area contributed by atoms with E-state index in [1.807, 2.05) is 5.38 Å². The molecule has 14 heavy (non-hydrogen) atoms. The molecule has 0 aliphatic carbocycles. The normalized spacial score (nSPS) is 11.5. The molecule has 0 unspecified atom stereocenters. The summed E-state index contributed by atoms with van der Waals surface area (Å²) in [4.78, 5) is 0. The van der Waals surface area contributed by atoms with E-state index in [1.54, 1.807) is 6.07 Å². The first-order chi connectivity index (χ1) is 6.61. The third kappa shape index (κ3) is 1.69. The second-order valence-electron chi connectivity index (χ2n) is 2.73. The van der Waals surface area contributed by atoms with Gasteiger partial charge in [-0.2, -0.15) is 0 Å². The van der Waals surface area contributed by atoms with Crippen molar-refractivity contribution in [3.05, 3.63) is 31.1 Å². The molecule has 1 aromatic carbocycles. The molecule has 0 amide bonds.